The number of alkyl halides is 7. The van der Waals surface area contributed by atoms with Crippen LogP contribution in [0, 0.1) is 22.7 Å². The van der Waals surface area contributed by atoms with Crippen molar-refractivity contribution in [2.45, 2.75) is 134 Å². The van der Waals surface area contributed by atoms with Crippen LogP contribution in [-0.4, -0.2) is 51.1 Å². The lowest BCUT2D eigenvalue weighted by molar-refractivity contribution is -0.347. The van der Waals surface area contributed by atoms with Crippen LogP contribution in [-0.2, 0) is 0 Å². The highest BCUT2D eigenvalue weighted by Gasteiger charge is 2.69. The molecule has 3 nitrogen and oxygen atoms in total. The molecule has 0 spiro atoms. The van der Waals surface area contributed by atoms with Crippen molar-refractivity contribution in [3.63, 3.8) is 0 Å². The third-order valence-electron chi connectivity index (χ3n) is 10.4. The highest BCUT2D eigenvalue weighted by Crippen LogP contribution is 2.64. The van der Waals surface area contributed by atoms with Gasteiger partial charge in [-0.25, -0.2) is 4.39 Å². The van der Waals surface area contributed by atoms with Gasteiger partial charge in [-0.15, -0.1) is 0 Å². The summed E-state index contributed by atoms with van der Waals surface area (Å²) in [5.41, 5.74) is -4.69. The third kappa shape index (κ3) is 7.78. The molecule has 0 amide bonds. The number of allylic oxidation sites excluding steroid dienone is 5. The van der Waals surface area contributed by atoms with Gasteiger partial charge in [0, 0.05) is 6.42 Å². The summed E-state index contributed by atoms with van der Waals surface area (Å²) in [4.78, 5) is 0. The molecule has 10 heteroatoms. The Bertz CT molecular complexity index is 1080. The summed E-state index contributed by atoms with van der Waals surface area (Å²) >= 11 is 0. The van der Waals surface area contributed by atoms with Crippen LogP contribution in [0.5, 0.6) is 0 Å². The average Bonchev–Trinajstić information content (AvgIpc) is 3.21. The van der Waals surface area contributed by atoms with Gasteiger partial charge in [-0.1, -0.05) is 50.6 Å². The minimum Gasteiger partial charge on any atom is -0.393 e. The Morgan fingerprint density at radius 3 is 2.19 bits per heavy atom. The zero-order valence-corrected chi connectivity index (χ0v) is 25.6. The van der Waals surface area contributed by atoms with Crippen LogP contribution in [0.3, 0.4) is 0 Å². The Labute approximate surface area is 250 Å². The molecule has 0 aromatic heterocycles. The largest absolute Gasteiger partial charge is 0.429 e. The molecule has 0 aromatic rings. The summed E-state index contributed by atoms with van der Waals surface area (Å²) in [6, 6.07) is 0. The molecule has 43 heavy (non-hydrogen) atoms. The van der Waals surface area contributed by atoms with E-state index in [2.05, 4.69) is 13.5 Å². The first-order valence-electron chi connectivity index (χ1n) is 15.2. The summed E-state index contributed by atoms with van der Waals surface area (Å²) in [5.74, 6) is 0.0882. The lowest BCUT2D eigenvalue weighted by Crippen LogP contribution is -2.55. The Hall–Kier alpha value is -1.65. The molecule has 0 heterocycles. The van der Waals surface area contributed by atoms with Crippen LogP contribution in [0.25, 0.3) is 0 Å². The summed E-state index contributed by atoms with van der Waals surface area (Å²) in [5, 5.41) is 30.0. The standard InChI is InChI=1S/C33H47F7O3/c1-21-23(19-24(41)20-26(21)34)11-10-22-9-6-17-30(5)25(22)12-13-27(30)29(4,15-7-14-28(2,3)42)16-8-18-31(43,32(35,36)37)33(38,39)40/h8,10-11,18,24-27,41-43H,1,6-7,9,12-17,19-20H2,2-5H3/b18-8+,22-10+,23-11-/t24-,25?,26+,27?,29-,30+/m1/s1. The number of hydrogen-bond donors (Lipinski definition) is 3. The molecule has 3 fully saturated rings. The molecular formula is C33H47F7O3. The highest BCUT2D eigenvalue weighted by molar-refractivity contribution is 5.39. The quantitative estimate of drug-likeness (QED) is 0.177. The fourth-order valence-electron chi connectivity index (χ4n) is 8.01. The zero-order chi connectivity index (χ0) is 32.6. The lowest BCUT2D eigenvalue weighted by atomic mass is 9.55. The van der Waals surface area contributed by atoms with Gasteiger partial charge in [-0.05, 0) is 112 Å². The predicted octanol–water partition coefficient (Wildman–Crippen LogP) is 8.85. The van der Waals surface area contributed by atoms with E-state index in [1.54, 1.807) is 13.8 Å². The molecule has 3 N–H and O–H groups in total. The Morgan fingerprint density at radius 2 is 1.60 bits per heavy atom. The summed E-state index contributed by atoms with van der Waals surface area (Å²) < 4.78 is 94.4. The van der Waals surface area contributed by atoms with Gasteiger partial charge in [0.1, 0.15) is 6.17 Å². The Morgan fingerprint density at radius 1 is 0.977 bits per heavy atom. The monoisotopic (exact) mass is 624 g/mol. The van der Waals surface area contributed by atoms with E-state index < -0.39 is 41.2 Å². The van der Waals surface area contributed by atoms with E-state index in [1.165, 1.54) is 5.57 Å². The molecule has 6 atom stereocenters. The number of rotatable bonds is 9. The molecule has 0 aromatic carbocycles. The summed E-state index contributed by atoms with van der Waals surface area (Å²) in [7, 11) is 0. The molecular weight excluding hydrogens is 577 g/mol. The third-order valence-corrected chi connectivity index (χ3v) is 10.4. The van der Waals surface area contributed by atoms with Crippen LogP contribution in [0.4, 0.5) is 30.7 Å². The van der Waals surface area contributed by atoms with E-state index in [9.17, 15) is 46.1 Å². The van der Waals surface area contributed by atoms with Gasteiger partial charge >= 0.3 is 12.4 Å². The van der Waals surface area contributed by atoms with Crippen molar-refractivity contribution in [2.75, 3.05) is 0 Å². The van der Waals surface area contributed by atoms with E-state index in [4.69, 9.17) is 0 Å². The van der Waals surface area contributed by atoms with E-state index in [0.29, 0.717) is 36.8 Å². The van der Waals surface area contributed by atoms with Crippen molar-refractivity contribution < 1.29 is 46.1 Å². The van der Waals surface area contributed by atoms with Gasteiger partial charge in [0.25, 0.3) is 5.60 Å². The molecule has 3 saturated carbocycles. The van der Waals surface area contributed by atoms with Crippen LogP contribution in [0.1, 0.15) is 98.3 Å². The fraction of sp³-hybridized carbons (Fsp3) is 0.758. The molecule has 0 bridgehead atoms. The first-order chi connectivity index (χ1) is 19.5. The zero-order valence-electron chi connectivity index (χ0n) is 25.6. The minimum atomic E-state index is -5.93. The van der Waals surface area contributed by atoms with Crippen molar-refractivity contribution >= 4 is 0 Å². The molecule has 2 unspecified atom stereocenters. The van der Waals surface area contributed by atoms with E-state index in [0.717, 1.165) is 38.2 Å². The normalized spacial score (nSPS) is 32.9. The van der Waals surface area contributed by atoms with E-state index in [-0.39, 0.29) is 36.2 Å². The first kappa shape index (κ1) is 35.8. The maximum atomic E-state index is 14.3. The highest BCUT2D eigenvalue weighted by atomic mass is 19.4. The number of aliphatic hydroxyl groups excluding tert-OH is 1. The van der Waals surface area contributed by atoms with Gasteiger partial charge in [-0.3, -0.25) is 0 Å². The molecule has 0 radical (unpaired) electrons. The van der Waals surface area contributed by atoms with Crippen molar-refractivity contribution in [1.82, 2.24) is 0 Å². The van der Waals surface area contributed by atoms with Gasteiger partial charge in [-0.2, -0.15) is 26.3 Å². The molecule has 246 valence electrons. The second kappa shape index (κ2) is 12.6. The molecule has 0 aliphatic heterocycles. The van der Waals surface area contributed by atoms with E-state index in [1.807, 2.05) is 19.1 Å². The topological polar surface area (TPSA) is 60.7 Å². The van der Waals surface area contributed by atoms with Crippen molar-refractivity contribution in [2.24, 2.45) is 22.7 Å². The average molecular weight is 625 g/mol. The second-order valence-electron chi connectivity index (χ2n) is 14.3. The smallest absolute Gasteiger partial charge is 0.393 e. The second-order valence-corrected chi connectivity index (χ2v) is 14.3. The SMILES string of the molecule is C=C1/C(=C\C=C2/CCC[C@@]3(C)C2CCC3[C@@](C)(C/C=C/C(O)(C(F)(F)F)C(F)(F)F)CCCC(C)(C)O)C[C@@H](O)C[C@@H]1F. The number of aliphatic hydroxyl groups is 3. The Kier molecular flexibility index (Phi) is 10.5. The van der Waals surface area contributed by atoms with Crippen molar-refractivity contribution in [3.05, 3.63) is 47.6 Å². The van der Waals surface area contributed by atoms with Gasteiger partial charge in [0.2, 0.25) is 0 Å². The fourth-order valence-corrected chi connectivity index (χ4v) is 8.01. The minimum absolute atomic E-state index is 0.0267. The van der Waals surface area contributed by atoms with Crippen LogP contribution in [0.15, 0.2) is 47.6 Å². The lowest BCUT2D eigenvalue weighted by Gasteiger charge is -2.49. The number of hydrogen-bond acceptors (Lipinski definition) is 3. The van der Waals surface area contributed by atoms with E-state index >= 15 is 0 Å². The molecule has 3 aliphatic rings. The first-order valence-corrected chi connectivity index (χ1v) is 15.2. The summed E-state index contributed by atoms with van der Waals surface area (Å²) in [6.45, 7) is 11.2. The van der Waals surface area contributed by atoms with Crippen molar-refractivity contribution in [3.8, 4) is 0 Å². The van der Waals surface area contributed by atoms with Gasteiger partial charge in [0.15, 0.2) is 0 Å². The predicted molar refractivity (Wildman–Crippen MR) is 153 cm³/mol. The van der Waals surface area contributed by atoms with Gasteiger partial charge < -0.3 is 15.3 Å². The van der Waals surface area contributed by atoms with Crippen LogP contribution in [0.2, 0.25) is 0 Å². The maximum Gasteiger partial charge on any atom is 0.429 e. The Balaban J connectivity index is 1.93. The molecule has 3 rings (SSSR count). The molecule has 0 saturated heterocycles. The van der Waals surface area contributed by atoms with Crippen LogP contribution >= 0.6 is 0 Å². The van der Waals surface area contributed by atoms with Gasteiger partial charge in [0.05, 0.1) is 11.7 Å². The number of halogens is 7. The van der Waals surface area contributed by atoms with Crippen molar-refractivity contribution in [1.29, 1.82) is 0 Å². The summed E-state index contributed by atoms with van der Waals surface area (Å²) in [6.07, 6.45) is -3.71. The molecule has 3 aliphatic carbocycles. The number of fused-ring (bicyclic) bond motifs is 1. The van der Waals surface area contributed by atoms with Crippen LogP contribution < -0.4 is 0 Å². The maximum absolute atomic E-state index is 14.3.